The van der Waals surface area contributed by atoms with Gasteiger partial charge in [0.25, 0.3) is 5.91 Å². The fraction of sp³-hybridized carbons (Fsp3) is 0.167. The minimum absolute atomic E-state index is 0.169. The average Bonchev–Trinajstić information content (AvgIpc) is 2.62. The number of carbonyl (C=O) groups excluding carboxylic acids is 2. The van der Waals surface area contributed by atoms with Crippen molar-refractivity contribution in [2.45, 2.75) is 18.9 Å². The normalized spacial score (nSPS) is 12.3. The zero-order valence-electron chi connectivity index (χ0n) is 13.5. The van der Waals surface area contributed by atoms with E-state index in [2.05, 4.69) is 4.98 Å². The summed E-state index contributed by atoms with van der Waals surface area (Å²) < 4.78 is 1.45. The SMILES string of the molecule is CC(=O)c1ccc[n+](C(C(N)=O)C(C(=C=[N-])C#N)c2cccnc2)c1. The molecule has 2 atom stereocenters. The van der Waals surface area contributed by atoms with Gasteiger partial charge in [0.1, 0.15) is 6.07 Å². The van der Waals surface area contributed by atoms with Gasteiger partial charge in [0, 0.05) is 18.5 Å². The Balaban J connectivity index is 2.68. The van der Waals surface area contributed by atoms with Gasteiger partial charge in [-0.25, -0.2) is 0 Å². The van der Waals surface area contributed by atoms with Crippen molar-refractivity contribution >= 4 is 17.6 Å². The second-order valence-corrected chi connectivity index (χ2v) is 5.34. The van der Waals surface area contributed by atoms with Crippen LogP contribution >= 0.6 is 0 Å². The molecular formula is C18H15N5O2. The third-order valence-electron chi connectivity index (χ3n) is 3.75. The number of hydrogen-bond donors (Lipinski definition) is 1. The number of carbonyl (C=O) groups is 2. The Morgan fingerprint density at radius 1 is 1.36 bits per heavy atom. The van der Waals surface area contributed by atoms with E-state index in [1.54, 1.807) is 36.7 Å². The molecule has 0 aliphatic rings. The van der Waals surface area contributed by atoms with Crippen molar-refractivity contribution in [2.75, 3.05) is 0 Å². The first-order valence-electron chi connectivity index (χ1n) is 7.37. The number of nitrogens with zero attached hydrogens (tertiary/aromatic N) is 4. The molecule has 2 rings (SSSR count). The van der Waals surface area contributed by atoms with Crippen LogP contribution in [0, 0.1) is 11.3 Å². The summed E-state index contributed by atoms with van der Waals surface area (Å²) in [5.74, 6) is 0.00959. The molecule has 2 N–H and O–H groups in total. The Labute approximate surface area is 144 Å². The fourth-order valence-corrected chi connectivity index (χ4v) is 2.59. The third kappa shape index (κ3) is 3.83. The Morgan fingerprint density at radius 3 is 2.64 bits per heavy atom. The van der Waals surface area contributed by atoms with Crippen LogP contribution in [0.25, 0.3) is 5.41 Å². The number of allylic oxidation sites excluding steroid dienone is 1. The molecule has 0 spiro atoms. The van der Waals surface area contributed by atoms with Gasteiger partial charge in [0.15, 0.2) is 18.2 Å². The molecule has 0 aliphatic carbocycles. The molecule has 2 aromatic heterocycles. The molecule has 7 heteroatoms. The van der Waals surface area contributed by atoms with Crippen LogP contribution in [-0.4, -0.2) is 22.5 Å². The minimum Gasteiger partial charge on any atom is -0.762 e. The summed E-state index contributed by atoms with van der Waals surface area (Å²) in [6.07, 6.45) is 6.07. The van der Waals surface area contributed by atoms with Crippen LogP contribution in [0.5, 0.6) is 0 Å². The number of primary amides is 1. The quantitative estimate of drug-likeness (QED) is 0.367. The molecule has 0 aromatic carbocycles. The molecular weight excluding hydrogens is 318 g/mol. The first kappa shape index (κ1) is 17.7. The molecule has 2 aromatic rings. The highest BCUT2D eigenvalue weighted by Crippen LogP contribution is 2.30. The number of hydrogen-bond acceptors (Lipinski definition) is 4. The number of Topliss-reactive ketones (excluding diaryl/α,β-unsaturated/α-hetero) is 1. The summed E-state index contributed by atoms with van der Waals surface area (Å²) in [6, 6.07) is 7.29. The van der Waals surface area contributed by atoms with Crippen LogP contribution in [-0.2, 0) is 4.79 Å². The molecule has 1 amide bonds. The van der Waals surface area contributed by atoms with Crippen molar-refractivity contribution < 1.29 is 14.2 Å². The largest absolute Gasteiger partial charge is 0.762 e. The summed E-state index contributed by atoms with van der Waals surface area (Å²) >= 11 is 0. The summed E-state index contributed by atoms with van der Waals surface area (Å²) in [6.45, 7) is 1.40. The van der Waals surface area contributed by atoms with E-state index in [9.17, 15) is 20.3 Å². The standard InChI is InChI=1S/C18H15N5O2/c1-12(24)14-5-3-7-23(11-14)17(18(21)25)16(15(8-19)9-20)13-4-2-6-22-10-13/h2-7,10-11,16-17H,1H3,(H2,21,25). The molecule has 0 saturated carbocycles. The molecule has 0 saturated heterocycles. The number of pyridine rings is 2. The van der Waals surface area contributed by atoms with E-state index < -0.39 is 17.9 Å². The Morgan fingerprint density at radius 2 is 2.12 bits per heavy atom. The van der Waals surface area contributed by atoms with Gasteiger partial charge in [-0.3, -0.25) is 20.4 Å². The van der Waals surface area contributed by atoms with Crippen molar-refractivity contribution in [3.8, 4) is 6.07 Å². The highest BCUT2D eigenvalue weighted by molar-refractivity contribution is 5.93. The molecule has 0 fully saturated rings. The van der Waals surface area contributed by atoms with Crippen molar-refractivity contribution in [2.24, 2.45) is 5.73 Å². The van der Waals surface area contributed by atoms with Gasteiger partial charge >= 0.3 is 0 Å². The van der Waals surface area contributed by atoms with Crippen molar-refractivity contribution in [1.29, 1.82) is 5.26 Å². The highest BCUT2D eigenvalue weighted by atomic mass is 16.1. The zero-order valence-corrected chi connectivity index (χ0v) is 13.5. The van der Waals surface area contributed by atoms with Crippen LogP contribution in [0.2, 0.25) is 0 Å². The van der Waals surface area contributed by atoms with Crippen LogP contribution in [0.15, 0.2) is 54.6 Å². The molecule has 124 valence electrons. The Kier molecular flexibility index (Phi) is 5.51. The van der Waals surface area contributed by atoms with Crippen LogP contribution in [0.3, 0.4) is 0 Å². The third-order valence-corrected chi connectivity index (χ3v) is 3.75. The summed E-state index contributed by atoms with van der Waals surface area (Å²) in [5.41, 5.74) is 6.30. The van der Waals surface area contributed by atoms with Gasteiger partial charge in [0.05, 0.1) is 17.1 Å². The van der Waals surface area contributed by atoms with E-state index in [0.717, 1.165) is 0 Å². The predicted molar refractivity (Wildman–Crippen MR) is 89.3 cm³/mol. The van der Waals surface area contributed by atoms with Gasteiger partial charge < -0.3 is 11.1 Å². The van der Waals surface area contributed by atoms with Gasteiger partial charge in [-0.15, -0.1) is 0 Å². The second-order valence-electron chi connectivity index (χ2n) is 5.34. The molecule has 2 heterocycles. The predicted octanol–water partition coefficient (Wildman–Crippen LogP) is 1.07. The lowest BCUT2D eigenvalue weighted by Crippen LogP contribution is -2.50. The number of nitrogens with two attached hydrogens (primary N) is 1. The molecule has 25 heavy (non-hydrogen) atoms. The van der Waals surface area contributed by atoms with Crippen molar-refractivity contribution in [1.82, 2.24) is 4.98 Å². The molecule has 2 unspecified atom stereocenters. The number of rotatable bonds is 6. The van der Waals surface area contributed by atoms with Crippen LogP contribution < -0.4 is 10.3 Å². The lowest BCUT2D eigenvalue weighted by atomic mass is 9.85. The van der Waals surface area contributed by atoms with E-state index in [-0.39, 0.29) is 11.4 Å². The fourth-order valence-electron chi connectivity index (χ4n) is 2.59. The summed E-state index contributed by atoms with van der Waals surface area (Å²) in [5, 5.41) is 18.7. The van der Waals surface area contributed by atoms with Gasteiger partial charge in [-0.2, -0.15) is 9.83 Å². The summed E-state index contributed by atoms with van der Waals surface area (Å²) in [7, 11) is 0. The van der Waals surface area contributed by atoms with E-state index in [0.29, 0.717) is 11.1 Å². The van der Waals surface area contributed by atoms with Gasteiger partial charge in [-0.1, -0.05) is 6.07 Å². The molecule has 7 nitrogen and oxygen atoms in total. The maximum Gasteiger partial charge on any atom is 0.287 e. The van der Waals surface area contributed by atoms with Gasteiger partial charge in [0.2, 0.25) is 6.04 Å². The van der Waals surface area contributed by atoms with E-state index >= 15 is 0 Å². The van der Waals surface area contributed by atoms with Crippen molar-refractivity contribution in [3.63, 3.8) is 0 Å². The first-order chi connectivity index (χ1) is 12.0. The minimum atomic E-state index is -1.06. The van der Waals surface area contributed by atoms with Crippen LogP contribution in [0.4, 0.5) is 0 Å². The maximum atomic E-state index is 12.2. The number of ketones is 1. The van der Waals surface area contributed by atoms with Gasteiger partial charge in [-0.05, 0) is 24.6 Å². The monoisotopic (exact) mass is 333 g/mol. The average molecular weight is 333 g/mol. The topological polar surface area (TPSA) is 123 Å². The number of aromatic nitrogens is 2. The second kappa shape index (κ2) is 7.77. The van der Waals surface area contributed by atoms with E-state index in [1.165, 1.54) is 23.9 Å². The first-order valence-corrected chi connectivity index (χ1v) is 7.37. The van der Waals surface area contributed by atoms with E-state index in [1.807, 2.05) is 11.9 Å². The summed E-state index contributed by atoms with van der Waals surface area (Å²) in [4.78, 5) is 27.8. The lowest BCUT2D eigenvalue weighted by Gasteiger charge is -2.20. The highest BCUT2D eigenvalue weighted by Gasteiger charge is 2.38. The zero-order chi connectivity index (χ0) is 18.4. The smallest absolute Gasteiger partial charge is 0.287 e. The Hall–Kier alpha value is -3.62. The maximum absolute atomic E-state index is 12.2. The Bertz CT molecular complexity index is 895. The number of amides is 1. The molecule has 0 bridgehead atoms. The van der Waals surface area contributed by atoms with E-state index in [4.69, 9.17) is 5.73 Å². The number of nitriles is 1. The van der Waals surface area contributed by atoms with Crippen LogP contribution in [0.1, 0.15) is 34.8 Å². The molecule has 0 aliphatic heterocycles. The molecule has 0 radical (unpaired) electrons. The lowest BCUT2D eigenvalue weighted by molar-refractivity contribution is -0.711. The van der Waals surface area contributed by atoms with Crippen molar-refractivity contribution in [3.05, 3.63) is 71.2 Å².